The molecule has 1 nitrogen and oxygen atoms in total. The smallest absolute Gasteiger partial charge is 0.127 e. The van der Waals surface area contributed by atoms with Crippen LogP contribution in [0.4, 0.5) is 0 Å². The molecule has 0 radical (unpaired) electrons. The van der Waals surface area contributed by atoms with E-state index in [2.05, 4.69) is 26.0 Å². The lowest BCUT2D eigenvalue weighted by molar-refractivity contribution is -0.110. The summed E-state index contributed by atoms with van der Waals surface area (Å²) in [6.45, 7) is 4.28. The van der Waals surface area contributed by atoms with Crippen LogP contribution in [0.3, 0.4) is 0 Å². The second kappa shape index (κ2) is 5.00. The van der Waals surface area contributed by atoms with Crippen LogP contribution in [0, 0.1) is 5.92 Å². The molecular weight excluding hydrogens is 160 g/mol. The molecule has 0 amide bonds. The number of carbonyl (C=O) groups is 1. The maximum absolute atomic E-state index is 10.7. The molecule has 1 rings (SSSR count). The first-order chi connectivity index (χ1) is 6.29. The summed E-state index contributed by atoms with van der Waals surface area (Å²) < 4.78 is 0. The van der Waals surface area contributed by atoms with Gasteiger partial charge in [0, 0.05) is 5.92 Å². The first kappa shape index (κ1) is 10.2. The van der Waals surface area contributed by atoms with Crippen LogP contribution < -0.4 is 0 Å². The van der Waals surface area contributed by atoms with Crippen molar-refractivity contribution in [2.24, 2.45) is 5.92 Å². The number of carbonyl (C=O) groups excluding carboxylic acids is 1. The maximum atomic E-state index is 10.7. The van der Waals surface area contributed by atoms with Gasteiger partial charge in [-0.05, 0) is 32.6 Å². The summed E-state index contributed by atoms with van der Waals surface area (Å²) in [5.41, 5.74) is 2.79. The third kappa shape index (κ3) is 2.55. The van der Waals surface area contributed by atoms with Gasteiger partial charge in [-0.25, -0.2) is 0 Å². The summed E-state index contributed by atoms with van der Waals surface area (Å²) in [7, 11) is 0. The fourth-order valence-electron chi connectivity index (χ4n) is 1.88. The van der Waals surface area contributed by atoms with E-state index in [4.69, 9.17) is 0 Å². The standard InChI is InChI=1S/C12H18O/c1-3-4-5-6-12-10(2)7-8-11(12)9-13/h4-5,9,11H,3,6-8H2,1-2H3. The van der Waals surface area contributed by atoms with E-state index in [1.165, 1.54) is 11.1 Å². The van der Waals surface area contributed by atoms with Gasteiger partial charge in [-0.1, -0.05) is 30.2 Å². The zero-order chi connectivity index (χ0) is 9.68. The van der Waals surface area contributed by atoms with Gasteiger partial charge in [0.25, 0.3) is 0 Å². The molecule has 0 N–H and O–H groups in total. The van der Waals surface area contributed by atoms with Crippen LogP contribution in [-0.4, -0.2) is 6.29 Å². The molecule has 1 unspecified atom stereocenters. The molecule has 1 aliphatic carbocycles. The second-order valence-corrected chi connectivity index (χ2v) is 3.67. The van der Waals surface area contributed by atoms with Gasteiger partial charge in [0.15, 0.2) is 0 Å². The maximum Gasteiger partial charge on any atom is 0.127 e. The molecule has 0 heterocycles. The summed E-state index contributed by atoms with van der Waals surface area (Å²) in [6, 6.07) is 0. The van der Waals surface area contributed by atoms with Crippen LogP contribution in [0.15, 0.2) is 23.3 Å². The normalized spacial score (nSPS) is 23.1. The number of allylic oxidation sites excluding steroid dienone is 4. The molecule has 1 atom stereocenters. The fourth-order valence-corrected chi connectivity index (χ4v) is 1.88. The van der Waals surface area contributed by atoms with Gasteiger partial charge in [0.1, 0.15) is 6.29 Å². The van der Waals surface area contributed by atoms with Gasteiger partial charge in [-0.2, -0.15) is 0 Å². The van der Waals surface area contributed by atoms with Crippen molar-refractivity contribution in [3.8, 4) is 0 Å². The molecule has 0 bridgehead atoms. The van der Waals surface area contributed by atoms with Gasteiger partial charge in [0.2, 0.25) is 0 Å². The average Bonchev–Trinajstić information content (AvgIpc) is 2.48. The zero-order valence-electron chi connectivity index (χ0n) is 8.55. The Balaban J connectivity index is 2.59. The summed E-state index contributed by atoms with van der Waals surface area (Å²) in [5, 5.41) is 0. The third-order valence-electron chi connectivity index (χ3n) is 2.73. The molecule has 0 spiro atoms. The Morgan fingerprint density at radius 3 is 2.85 bits per heavy atom. The highest BCUT2D eigenvalue weighted by Gasteiger charge is 2.20. The SMILES string of the molecule is CCC=CCC1=C(C)CCC1C=O. The molecule has 1 heteroatoms. The van der Waals surface area contributed by atoms with Crippen LogP contribution in [0.1, 0.15) is 39.5 Å². The second-order valence-electron chi connectivity index (χ2n) is 3.67. The van der Waals surface area contributed by atoms with E-state index >= 15 is 0 Å². The lowest BCUT2D eigenvalue weighted by Crippen LogP contribution is -1.99. The predicted molar refractivity (Wildman–Crippen MR) is 55.5 cm³/mol. The Hall–Kier alpha value is -0.850. The van der Waals surface area contributed by atoms with Crippen molar-refractivity contribution >= 4 is 6.29 Å². The van der Waals surface area contributed by atoms with E-state index in [1.807, 2.05) is 0 Å². The zero-order valence-corrected chi connectivity index (χ0v) is 8.55. The van der Waals surface area contributed by atoms with Crippen LogP contribution in [0.2, 0.25) is 0 Å². The highest BCUT2D eigenvalue weighted by atomic mass is 16.1. The molecule has 13 heavy (non-hydrogen) atoms. The van der Waals surface area contributed by atoms with Crippen molar-refractivity contribution in [1.82, 2.24) is 0 Å². The monoisotopic (exact) mass is 178 g/mol. The molecular formula is C12H18O. The van der Waals surface area contributed by atoms with E-state index < -0.39 is 0 Å². The van der Waals surface area contributed by atoms with Crippen LogP contribution >= 0.6 is 0 Å². The molecule has 0 saturated carbocycles. The lowest BCUT2D eigenvalue weighted by Gasteiger charge is -2.05. The summed E-state index contributed by atoms with van der Waals surface area (Å²) >= 11 is 0. The van der Waals surface area contributed by atoms with Crippen molar-refractivity contribution in [2.75, 3.05) is 0 Å². The molecule has 0 saturated heterocycles. The number of hydrogen-bond acceptors (Lipinski definition) is 1. The quantitative estimate of drug-likeness (QED) is 0.477. The highest BCUT2D eigenvalue weighted by molar-refractivity contribution is 5.61. The van der Waals surface area contributed by atoms with Crippen molar-refractivity contribution in [1.29, 1.82) is 0 Å². The third-order valence-corrected chi connectivity index (χ3v) is 2.73. The highest BCUT2D eigenvalue weighted by Crippen LogP contribution is 2.32. The van der Waals surface area contributed by atoms with E-state index in [-0.39, 0.29) is 5.92 Å². The average molecular weight is 178 g/mol. The van der Waals surface area contributed by atoms with Crippen molar-refractivity contribution < 1.29 is 4.79 Å². The molecule has 0 aromatic rings. The Morgan fingerprint density at radius 1 is 1.46 bits per heavy atom. The summed E-state index contributed by atoms with van der Waals surface area (Å²) in [6.07, 6.45) is 9.65. The van der Waals surface area contributed by atoms with Gasteiger partial charge < -0.3 is 4.79 Å². The minimum absolute atomic E-state index is 0.210. The largest absolute Gasteiger partial charge is 0.303 e. The minimum atomic E-state index is 0.210. The van der Waals surface area contributed by atoms with Gasteiger partial charge in [0.05, 0.1) is 0 Å². The Kier molecular flexibility index (Phi) is 3.94. The van der Waals surface area contributed by atoms with E-state index in [0.29, 0.717) is 0 Å². The van der Waals surface area contributed by atoms with E-state index in [1.54, 1.807) is 0 Å². The van der Waals surface area contributed by atoms with Crippen molar-refractivity contribution in [3.05, 3.63) is 23.3 Å². The summed E-state index contributed by atoms with van der Waals surface area (Å²) in [5.74, 6) is 0.210. The molecule has 0 fully saturated rings. The predicted octanol–water partition coefficient (Wildman–Crippen LogP) is 3.27. The lowest BCUT2D eigenvalue weighted by atomic mass is 9.99. The number of hydrogen-bond donors (Lipinski definition) is 0. The van der Waals surface area contributed by atoms with Crippen LogP contribution in [-0.2, 0) is 4.79 Å². The van der Waals surface area contributed by atoms with Crippen LogP contribution in [0.5, 0.6) is 0 Å². The minimum Gasteiger partial charge on any atom is -0.303 e. The van der Waals surface area contributed by atoms with E-state index in [0.717, 1.165) is 32.0 Å². The Morgan fingerprint density at radius 2 is 2.23 bits per heavy atom. The molecule has 0 aromatic carbocycles. The molecule has 0 aliphatic heterocycles. The van der Waals surface area contributed by atoms with Crippen molar-refractivity contribution in [3.63, 3.8) is 0 Å². The first-order valence-electron chi connectivity index (χ1n) is 5.08. The number of rotatable bonds is 4. The van der Waals surface area contributed by atoms with E-state index in [9.17, 15) is 4.79 Å². The Bertz CT molecular complexity index is 236. The molecule has 72 valence electrons. The first-order valence-corrected chi connectivity index (χ1v) is 5.08. The van der Waals surface area contributed by atoms with Crippen LogP contribution in [0.25, 0.3) is 0 Å². The molecule has 0 aromatic heterocycles. The summed E-state index contributed by atoms with van der Waals surface area (Å²) in [4.78, 5) is 10.7. The van der Waals surface area contributed by atoms with Gasteiger partial charge in [-0.3, -0.25) is 0 Å². The molecule has 1 aliphatic rings. The van der Waals surface area contributed by atoms with Gasteiger partial charge in [-0.15, -0.1) is 0 Å². The van der Waals surface area contributed by atoms with Gasteiger partial charge >= 0.3 is 0 Å². The topological polar surface area (TPSA) is 17.1 Å². The number of aldehydes is 1. The van der Waals surface area contributed by atoms with Crippen molar-refractivity contribution in [2.45, 2.75) is 39.5 Å². The Labute approximate surface area is 80.5 Å². The fraction of sp³-hybridized carbons (Fsp3) is 0.583.